The van der Waals surface area contributed by atoms with E-state index < -0.39 is 0 Å². The number of benzene rings is 1. The third-order valence-corrected chi connectivity index (χ3v) is 3.59. The smallest absolute Gasteiger partial charge is 0.142 e. The molecule has 1 aromatic rings. The van der Waals surface area contributed by atoms with Crippen molar-refractivity contribution in [2.24, 2.45) is 0 Å². The maximum absolute atomic E-state index is 5.95. The molecular weight excluding hydrogens is 234 g/mol. The highest BCUT2D eigenvalue weighted by Gasteiger charge is 2.18. The number of hydrogen-bond acceptors (Lipinski definition) is 2. The molecule has 2 rings (SSSR count). The van der Waals surface area contributed by atoms with Gasteiger partial charge >= 0.3 is 0 Å². The van der Waals surface area contributed by atoms with Crippen LogP contribution in [0.4, 0.5) is 0 Å². The predicted octanol–water partition coefficient (Wildman–Crippen LogP) is 4.45. The quantitative estimate of drug-likeness (QED) is 0.700. The van der Waals surface area contributed by atoms with Gasteiger partial charge in [-0.1, -0.05) is 56.5 Å². The monoisotopic (exact) mass is 259 g/mol. The van der Waals surface area contributed by atoms with E-state index >= 15 is 0 Å². The van der Waals surface area contributed by atoms with E-state index in [1.54, 1.807) is 0 Å². The van der Waals surface area contributed by atoms with E-state index in [1.807, 2.05) is 6.92 Å². The molecule has 0 bridgehead atoms. The fourth-order valence-corrected chi connectivity index (χ4v) is 2.56. The van der Waals surface area contributed by atoms with Gasteiger partial charge in [0, 0.05) is 24.2 Å². The van der Waals surface area contributed by atoms with Crippen molar-refractivity contribution >= 4 is 6.08 Å². The van der Waals surface area contributed by atoms with E-state index in [9.17, 15) is 0 Å². The van der Waals surface area contributed by atoms with Crippen LogP contribution in [0, 0.1) is 0 Å². The minimum absolute atomic E-state index is 0.730. The molecule has 19 heavy (non-hydrogen) atoms. The van der Waals surface area contributed by atoms with Gasteiger partial charge in [-0.2, -0.15) is 0 Å². The molecule has 1 aliphatic rings. The van der Waals surface area contributed by atoms with Crippen LogP contribution in [0.1, 0.15) is 50.7 Å². The lowest BCUT2D eigenvalue weighted by Gasteiger charge is -2.29. The Morgan fingerprint density at radius 3 is 2.95 bits per heavy atom. The minimum Gasteiger partial charge on any atom is -0.477 e. The molecule has 0 saturated heterocycles. The Bertz CT molecular complexity index is 425. The Balaban J connectivity index is 1.94. The molecule has 0 N–H and O–H groups in total. The van der Waals surface area contributed by atoms with Gasteiger partial charge in [0.15, 0.2) is 0 Å². The summed E-state index contributed by atoms with van der Waals surface area (Å²) in [5.74, 6) is 1.07. The Kier molecular flexibility index (Phi) is 5.46. The van der Waals surface area contributed by atoms with Gasteiger partial charge in [-0.3, -0.25) is 4.90 Å². The van der Waals surface area contributed by atoms with E-state index in [2.05, 4.69) is 42.2 Å². The van der Waals surface area contributed by atoms with Crippen molar-refractivity contribution in [1.29, 1.82) is 0 Å². The average Bonchev–Trinajstić information content (AvgIpc) is 2.44. The van der Waals surface area contributed by atoms with Crippen LogP contribution in [0.15, 0.2) is 24.3 Å². The van der Waals surface area contributed by atoms with Crippen molar-refractivity contribution in [3.8, 4) is 5.75 Å². The molecule has 0 unspecified atom stereocenters. The van der Waals surface area contributed by atoms with Crippen molar-refractivity contribution < 1.29 is 4.74 Å². The summed E-state index contributed by atoms with van der Waals surface area (Å²) in [5.41, 5.74) is 2.52. The van der Waals surface area contributed by atoms with Crippen LogP contribution in [0.3, 0.4) is 0 Å². The van der Waals surface area contributed by atoms with Crippen LogP contribution in [0.5, 0.6) is 5.75 Å². The molecule has 0 saturated carbocycles. The summed E-state index contributed by atoms with van der Waals surface area (Å²) in [6, 6.07) is 6.42. The minimum atomic E-state index is 0.730. The first-order valence-corrected chi connectivity index (χ1v) is 7.45. The lowest BCUT2D eigenvalue weighted by Crippen LogP contribution is -2.33. The molecule has 104 valence electrons. The lowest BCUT2D eigenvalue weighted by atomic mass is 10.1. The van der Waals surface area contributed by atoms with Gasteiger partial charge in [0.1, 0.15) is 12.5 Å². The summed E-state index contributed by atoms with van der Waals surface area (Å²) in [5, 5.41) is 0. The molecule has 0 amide bonds. The summed E-state index contributed by atoms with van der Waals surface area (Å²) < 4.78 is 5.95. The third-order valence-electron chi connectivity index (χ3n) is 3.59. The molecule has 0 aliphatic carbocycles. The summed E-state index contributed by atoms with van der Waals surface area (Å²) >= 11 is 0. The first-order chi connectivity index (χ1) is 9.35. The molecule has 2 nitrogen and oxygen atoms in total. The summed E-state index contributed by atoms with van der Waals surface area (Å²) in [6.07, 6.45) is 9.44. The second kappa shape index (κ2) is 7.34. The van der Waals surface area contributed by atoms with Crippen molar-refractivity contribution in [1.82, 2.24) is 4.90 Å². The maximum Gasteiger partial charge on any atom is 0.142 e. The Morgan fingerprint density at radius 2 is 2.16 bits per heavy atom. The highest BCUT2D eigenvalue weighted by atomic mass is 16.5. The lowest BCUT2D eigenvalue weighted by molar-refractivity contribution is 0.0933. The van der Waals surface area contributed by atoms with Crippen molar-refractivity contribution in [3.63, 3.8) is 0 Å². The van der Waals surface area contributed by atoms with Crippen molar-refractivity contribution in [3.05, 3.63) is 35.4 Å². The summed E-state index contributed by atoms with van der Waals surface area (Å²) in [6.45, 7) is 7.19. The molecule has 0 atom stereocenters. The number of fused-ring (bicyclic) bond motifs is 1. The first kappa shape index (κ1) is 14.1. The number of hydrogen-bond donors (Lipinski definition) is 0. The topological polar surface area (TPSA) is 12.5 Å². The number of ether oxygens (including phenoxy) is 1. The third kappa shape index (κ3) is 3.84. The second-order valence-corrected chi connectivity index (χ2v) is 5.22. The molecule has 0 spiro atoms. The molecular formula is C17H25NO. The average molecular weight is 259 g/mol. The van der Waals surface area contributed by atoms with E-state index in [0.717, 1.165) is 25.6 Å². The Hall–Kier alpha value is -1.28. The standard InChI is InChI=1S/C17H25NO/c1-3-5-6-7-12-18-13-16-11-8-10-15(9-4-2)17(16)19-14-18/h4,8-11H,3,5-7,12-14H2,1-2H3/b9-4+. The van der Waals surface area contributed by atoms with Crippen molar-refractivity contribution in [2.45, 2.75) is 46.1 Å². The highest BCUT2D eigenvalue weighted by Crippen LogP contribution is 2.30. The fraction of sp³-hybridized carbons (Fsp3) is 0.529. The van der Waals surface area contributed by atoms with Gasteiger partial charge in [0.2, 0.25) is 0 Å². The van der Waals surface area contributed by atoms with Gasteiger partial charge in [-0.05, 0) is 13.3 Å². The predicted molar refractivity (Wildman–Crippen MR) is 81.2 cm³/mol. The number of nitrogens with zero attached hydrogens (tertiary/aromatic N) is 1. The summed E-state index contributed by atoms with van der Waals surface area (Å²) in [4.78, 5) is 2.40. The second-order valence-electron chi connectivity index (χ2n) is 5.22. The molecule has 1 aromatic carbocycles. The first-order valence-electron chi connectivity index (χ1n) is 7.45. The van der Waals surface area contributed by atoms with Crippen LogP contribution in [-0.4, -0.2) is 18.2 Å². The molecule has 0 aromatic heterocycles. The van der Waals surface area contributed by atoms with Crippen LogP contribution < -0.4 is 4.74 Å². The molecule has 1 aliphatic heterocycles. The van der Waals surface area contributed by atoms with Gasteiger partial charge in [0.25, 0.3) is 0 Å². The zero-order valence-electron chi connectivity index (χ0n) is 12.2. The largest absolute Gasteiger partial charge is 0.477 e. The number of allylic oxidation sites excluding steroid dienone is 1. The van der Waals surface area contributed by atoms with Crippen molar-refractivity contribution in [2.75, 3.05) is 13.3 Å². The molecule has 0 fully saturated rings. The van der Waals surface area contributed by atoms with Gasteiger partial charge < -0.3 is 4.74 Å². The number of unbranched alkanes of at least 4 members (excludes halogenated alkanes) is 3. The van der Waals surface area contributed by atoms with Crippen LogP contribution in [-0.2, 0) is 6.54 Å². The van der Waals surface area contributed by atoms with E-state index in [0.29, 0.717) is 0 Å². The molecule has 0 radical (unpaired) electrons. The number of rotatable bonds is 6. The highest BCUT2D eigenvalue weighted by molar-refractivity contribution is 5.60. The normalized spacial score (nSPS) is 15.5. The van der Waals surface area contributed by atoms with E-state index in [-0.39, 0.29) is 0 Å². The van der Waals surface area contributed by atoms with Crippen LogP contribution in [0.25, 0.3) is 6.08 Å². The van der Waals surface area contributed by atoms with Crippen LogP contribution >= 0.6 is 0 Å². The SMILES string of the molecule is C/C=C/c1cccc2c1OCN(CCCCCC)C2. The zero-order valence-corrected chi connectivity index (χ0v) is 12.2. The van der Waals surface area contributed by atoms with Crippen LogP contribution in [0.2, 0.25) is 0 Å². The maximum atomic E-state index is 5.95. The zero-order chi connectivity index (χ0) is 13.5. The molecule has 1 heterocycles. The Morgan fingerprint density at radius 1 is 1.26 bits per heavy atom. The molecule has 2 heteroatoms. The van der Waals surface area contributed by atoms with E-state index in [4.69, 9.17) is 4.74 Å². The fourth-order valence-electron chi connectivity index (χ4n) is 2.56. The van der Waals surface area contributed by atoms with Gasteiger partial charge in [-0.15, -0.1) is 0 Å². The van der Waals surface area contributed by atoms with Gasteiger partial charge in [-0.25, -0.2) is 0 Å². The summed E-state index contributed by atoms with van der Waals surface area (Å²) in [7, 11) is 0. The number of para-hydroxylation sites is 1. The van der Waals surface area contributed by atoms with Gasteiger partial charge in [0.05, 0.1) is 0 Å². The van der Waals surface area contributed by atoms with E-state index in [1.165, 1.54) is 36.8 Å². The Labute approximate surface area is 117 Å².